The van der Waals surface area contributed by atoms with Crippen LogP contribution in [0.4, 0.5) is 0 Å². The van der Waals surface area contributed by atoms with Crippen LogP contribution in [0.3, 0.4) is 0 Å². The molecular formula is C17H16ClN3O2S. The van der Waals surface area contributed by atoms with Crippen molar-refractivity contribution in [3.05, 3.63) is 64.9 Å². The Balaban J connectivity index is 1.65. The van der Waals surface area contributed by atoms with Crippen molar-refractivity contribution in [1.29, 1.82) is 0 Å². The normalized spacial score (nSPS) is 17.1. The largest absolute Gasteiger partial charge is 0.350 e. The van der Waals surface area contributed by atoms with Crippen LogP contribution in [-0.2, 0) is 16.1 Å². The van der Waals surface area contributed by atoms with E-state index in [4.69, 9.17) is 11.6 Å². The first-order chi connectivity index (χ1) is 11.6. The number of aromatic nitrogens is 1. The van der Waals surface area contributed by atoms with Gasteiger partial charge in [0.1, 0.15) is 11.9 Å². The summed E-state index contributed by atoms with van der Waals surface area (Å²) in [5, 5.41) is 3.19. The van der Waals surface area contributed by atoms with Crippen LogP contribution in [-0.4, -0.2) is 34.0 Å². The second kappa shape index (κ2) is 7.68. The van der Waals surface area contributed by atoms with E-state index in [1.54, 1.807) is 23.4 Å². The van der Waals surface area contributed by atoms with Crippen molar-refractivity contribution >= 4 is 35.2 Å². The minimum Gasteiger partial charge on any atom is -0.350 e. The molecule has 7 heteroatoms. The van der Waals surface area contributed by atoms with Gasteiger partial charge in [-0.2, -0.15) is 0 Å². The zero-order valence-corrected chi connectivity index (χ0v) is 14.4. The van der Waals surface area contributed by atoms with E-state index in [0.29, 0.717) is 17.3 Å². The number of pyridine rings is 1. The Labute approximate surface area is 149 Å². The zero-order valence-electron chi connectivity index (χ0n) is 12.8. The maximum Gasteiger partial charge on any atom is 0.239 e. The Morgan fingerprint density at radius 3 is 2.92 bits per heavy atom. The number of hydrogen-bond acceptors (Lipinski definition) is 4. The molecule has 1 saturated heterocycles. The smallest absolute Gasteiger partial charge is 0.239 e. The fraction of sp³-hybridized carbons (Fsp3) is 0.235. The number of amides is 2. The van der Waals surface area contributed by atoms with Crippen molar-refractivity contribution in [2.45, 2.75) is 11.9 Å². The lowest BCUT2D eigenvalue weighted by molar-refractivity contribution is -0.133. The van der Waals surface area contributed by atoms with Gasteiger partial charge in [-0.15, -0.1) is 11.8 Å². The van der Waals surface area contributed by atoms with E-state index in [1.165, 1.54) is 11.8 Å². The quantitative estimate of drug-likeness (QED) is 0.889. The van der Waals surface area contributed by atoms with E-state index in [2.05, 4.69) is 10.3 Å². The molecular weight excluding hydrogens is 346 g/mol. The molecule has 1 fully saturated rings. The van der Waals surface area contributed by atoms with E-state index in [1.807, 2.05) is 30.3 Å². The molecule has 2 heterocycles. The number of thioether (sulfide) groups is 1. The van der Waals surface area contributed by atoms with Crippen LogP contribution in [0.25, 0.3) is 0 Å². The Bertz CT molecular complexity index is 742. The molecule has 3 rings (SSSR count). The Morgan fingerprint density at radius 1 is 1.33 bits per heavy atom. The number of hydrogen-bond donors (Lipinski definition) is 1. The van der Waals surface area contributed by atoms with Crippen molar-refractivity contribution in [2.75, 3.05) is 12.3 Å². The molecule has 124 valence electrons. The van der Waals surface area contributed by atoms with Crippen LogP contribution >= 0.6 is 23.4 Å². The van der Waals surface area contributed by atoms with E-state index in [0.717, 1.165) is 11.1 Å². The monoisotopic (exact) mass is 361 g/mol. The van der Waals surface area contributed by atoms with Crippen LogP contribution in [0, 0.1) is 0 Å². The zero-order chi connectivity index (χ0) is 16.9. The molecule has 1 unspecified atom stereocenters. The third kappa shape index (κ3) is 3.88. The fourth-order valence-electron chi connectivity index (χ4n) is 2.47. The first-order valence-electron chi connectivity index (χ1n) is 7.46. The van der Waals surface area contributed by atoms with Gasteiger partial charge in [-0.25, -0.2) is 0 Å². The van der Waals surface area contributed by atoms with Crippen LogP contribution in [0.2, 0.25) is 5.02 Å². The number of nitrogens with one attached hydrogen (secondary N) is 1. The van der Waals surface area contributed by atoms with Gasteiger partial charge in [-0.05, 0) is 17.7 Å². The van der Waals surface area contributed by atoms with Gasteiger partial charge in [0.2, 0.25) is 11.8 Å². The highest BCUT2D eigenvalue weighted by atomic mass is 35.5. The summed E-state index contributed by atoms with van der Waals surface area (Å²) in [7, 11) is 0. The third-order valence-electron chi connectivity index (χ3n) is 3.67. The number of nitrogens with zero attached hydrogens (tertiary/aromatic N) is 2. The Morgan fingerprint density at radius 2 is 2.17 bits per heavy atom. The molecule has 1 aliphatic rings. The molecule has 0 saturated carbocycles. The van der Waals surface area contributed by atoms with Gasteiger partial charge in [0.05, 0.1) is 5.75 Å². The predicted octanol–water partition coefficient (Wildman–Crippen LogP) is 2.63. The Kier molecular flexibility index (Phi) is 5.37. The summed E-state index contributed by atoms with van der Waals surface area (Å²) in [6.07, 6.45) is 3.38. The van der Waals surface area contributed by atoms with Gasteiger partial charge in [-0.1, -0.05) is 35.9 Å². The van der Waals surface area contributed by atoms with E-state index >= 15 is 0 Å². The van der Waals surface area contributed by atoms with Crippen molar-refractivity contribution in [2.24, 2.45) is 0 Å². The van der Waals surface area contributed by atoms with Crippen molar-refractivity contribution in [3.63, 3.8) is 0 Å². The van der Waals surface area contributed by atoms with Gasteiger partial charge >= 0.3 is 0 Å². The summed E-state index contributed by atoms with van der Waals surface area (Å²) in [6, 6.07) is 11.1. The molecule has 2 aromatic rings. The molecule has 1 atom stereocenters. The number of benzene rings is 1. The molecule has 1 aliphatic heterocycles. The van der Waals surface area contributed by atoms with E-state index in [9.17, 15) is 9.59 Å². The molecule has 2 amide bonds. The molecule has 0 aliphatic carbocycles. The average Bonchev–Trinajstić information content (AvgIpc) is 2.95. The number of carbonyl (C=O) groups excluding carboxylic acids is 2. The van der Waals surface area contributed by atoms with Crippen LogP contribution in [0.1, 0.15) is 16.5 Å². The summed E-state index contributed by atoms with van der Waals surface area (Å²) in [5.41, 5.74) is 1.77. The molecule has 24 heavy (non-hydrogen) atoms. The van der Waals surface area contributed by atoms with Gasteiger partial charge in [0.25, 0.3) is 0 Å². The summed E-state index contributed by atoms with van der Waals surface area (Å²) < 4.78 is 0. The second-order valence-corrected chi connectivity index (χ2v) is 6.82. The highest BCUT2D eigenvalue weighted by Gasteiger charge is 2.34. The van der Waals surface area contributed by atoms with Gasteiger partial charge in [-0.3, -0.25) is 14.6 Å². The maximum atomic E-state index is 12.2. The van der Waals surface area contributed by atoms with Crippen LogP contribution < -0.4 is 5.32 Å². The van der Waals surface area contributed by atoms with Crippen molar-refractivity contribution in [1.82, 2.24) is 15.2 Å². The number of rotatable bonds is 5. The lowest BCUT2D eigenvalue weighted by Crippen LogP contribution is -2.39. The summed E-state index contributed by atoms with van der Waals surface area (Å²) in [6.45, 7) is 0.403. The second-order valence-electron chi connectivity index (χ2n) is 5.34. The Hall–Kier alpha value is -2.05. The minimum absolute atomic E-state index is 0.0159. The maximum absolute atomic E-state index is 12.2. The fourth-order valence-corrected chi connectivity index (χ4v) is 4.00. The predicted molar refractivity (Wildman–Crippen MR) is 94.4 cm³/mol. The van der Waals surface area contributed by atoms with Gasteiger partial charge < -0.3 is 10.2 Å². The summed E-state index contributed by atoms with van der Waals surface area (Å²) >= 11 is 7.72. The SMILES string of the molecule is O=C(CN1C(=O)CSC1c1ccccc1Cl)NCc1cccnc1. The van der Waals surface area contributed by atoms with Crippen LogP contribution in [0.15, 0.2) is 48.8 Å². The van der Waals surface area contributed by atoms with Crippen LogP contribution in [0.5, 0.6) is 0 Å². The van der Waals surface area contributed by atoms with E-state index < -0.39 is 0 Å². The lowest BCUT2D eigenvalue weighted by atomic mass is 10.2. The van der Waals surface area contributed by atoms with Gasteiger partial charge in [0.15, 0.2) is 0 Å². The van der Waals surface area contributed by atoms with Crippen molar-refractivity contribution < 1.29 is 9.59 Å². The molecule has 1 aromatic heterocycles. The molecule has 5 nitrogen and oxygen atoms in total. The number of halogens is 1. The minimum atomic E-state index is -0.227. The molecule has 1 N–H and O–H groups in total. The molecule has 0 radical (unpaired) electrons. The first-order valence-corrected chi connectivity index (χ1v) is 8.89. The number of carbonyl (C=O) groups is 2. The standard InChI is InChI=1S/C17H16ClN3O2S/c18-14-6-2-1-5-13(14)17-21(16(23)11-24-17)10-15(22)20-9-12-4-3-7-19-8-12/h1-8,17H,9-11H2,(H,20,22). The molecule has 1 aromatic carbocycles. The molecule has 0 bridgehead atoms. The lowest BCUT2D eigenvalue weighted by Gasteiger charge is -2.24. The highest BCUT2D eigenvalue weighted by Crippen LogP contribution is 2.41. The topological polar surface area (TPSA) is 62.3 Å². The third-order valence-corrected chi connectivity index (χ3v) is 5.25. The summed E-state index contributed by atoms with van der Waals surface area (Å²) in [5.74, 6) is 0.0967. The highest BCUT2D eigenvalue weighted by molar-refractivity contribution is 8.00. The van der Waals surface area contributed by atoms with Gasteiger partial charge in [0, 0.05) is 29.5 Å². The average molecular weight is 362 g/mol. The van der Waals surface area contributed by atoms with Crippen molar-refractivity contribution in [3.8, 4) is 0 Å². The molecule has 0 spiro atoms. The van der Waals surface area contributed by atoms with E-state index in [-0.39, 0.29) is 23.7 Å². The first kappa shape index (κ1) is 16.8. The summed E-state index contributed by atoms with van der Waals surface area (Å²) in [4.78, 5) is 29.9.